The van der Waals surface area contributed by atoms with Gasteiger partial charge in [-0.25, -0.2) is 0 Å². The Morgan fingerprint density at radius 1 is 1.06 bits per heavy atom. The van der Waals surface area contributed by atoms with Crippen LogP contribution in [-0.2, 0) is 16.1 Å². The molecule has 1 N–H and O–H groups in total. The molecule has 0 fully saturated rings. The summed E-state index contributed by atoms with van der Waals surface area (Å²) in [4.78, 5) is 42.2. The van der Waals surface area contributed by atoms with Crippen LogP contribution >= 0.6 is 15.9 Å². The van der Waals surface area contributed by atoms with E-state index in [0.717, 1.165) is 26.5 Å². The monoisotopic (exact) mass is 493 g/mol. The van der Waals surface area contributed by atoms with Crippen molar-refractivity contribution in [2.24, 2.45) is 0 Å². The van der Waals surface area contributed by atoms with E-state index in [0.29, 0.717) is 12.1 Å². The van der Waals surface area contributed by atoms with E-state index in [9.17, 15) is 14.4 Å². The number of amides is 3. The van der Waals surface area contributed by atoms with Crippen LogP contribution in [0.2, 0.25) is 0 Å². The molecule has 1 aliphatic rings. The molecule has 3 amide bonds. The molecule has 0 radical (unpaired) electrons. The predicted octanol–water partition coefficient (Wildman–Crippen LogP) is 4.12. The van der Waals surface area contributed by atoms with Crippen LogP contribution in [0.3, 0.4) is 0 Å². The molecule has 7 heteroatoms. The summed E-state index contributed by atoms with van der Waals surface area (Å²) in [5, 5.41) is 4.62. The molecule has 0 saturated carbocycles. The van der Waals surface area contributed by atoms with Gasteiger partial charge in [-0.1, -0.05) is 52.3 Å². The van der Waals surface area contributed by atoms with Crippen LogP contribution < -0.4 is 10.2 Å². The number of carbonyl (C=O) groups excluding carboxylic acids is 3. The van der Waals surface area contributed by atoms with Crippen molar-refractivity contribution in [2.75, 3.05) is 18.0 Å². The largest absolute Gasteiger partial charge is 0.355 e. The molecule has 164 valence electrons. The Kier molecular flexibility index (Phi) is 6.28. The summed E-state index contributed by atoms with van der Waals surface area (Å²) >= 11 is 3.42. The van der Waals surface area contributed by atoms with Crippen LogP contribution in [0.5, 0.6) is 0 Å². The Hall–Kier alpha value is -3.19. The van der Waals surface area contributed by atoms with Gasteiger partial charge in [0.15, 0.2) is 0 Å². The standard InChI is InChI=1S/C25H24BrN3O3/c1-3-27-24(31)16(2)28(14-17-10-12-19(26)13-11-17)22(30)15-29-21-9-5-7-18-6-4-8-20(23(18)21)25(29)32/h4-13,16H,3,14-15H2,1-2H3,(H,27,31). The minimum atomic E-state index is -0.679. The summed E-state index contributed by atoms with van der Waals surface area (Å²) in [7, 11) is 0. The summed E-state index contributed by atoms with van der Waals surface area (Å²) in [5.41, 5.74) is 2.23. The third-order valence-electron chi connectivity index (χ3n) is 5.73. The molecule has 1 aliphatic heterocycles. The van der Waals surface area contributed by atoms with Crippen LogP contribution in [0.15, 0.2) is 65.1 Å². The minimum Gasteiger partial charge on any atom is -0.355 e. The van der Waals surface area contributed by atoms with Gasteiger partial charge < -0.3 is 10.2 Å². The molecule has 0 bridgehead atoms. The van der Waals surface area contributed by atoms with E-state index in [2.05, 4.69) is 21.2 Å². The lowest BCUT2D eigenvalue weighted by molar-refractivity contribution is -0.139. The quantitative estimate of drug-likeness (QED) is 0.538. The highest BCUT2D eigenvalue weighted by molar-refractivity contribution is 9.10. The first kappa shape index (κ1) is 22.0. The minimum absolute atomic E-state index is 0.132. The number of likely N-dealkylation sites (N-methyl/N-ethyl adjacent to an activating group) is 1. The van der Waals surface area contributed by atoms with Crippen molar-refractivity contribution >= 4 is 50.1 Å². The van der Waals surface area contributed by atoms with Crippen molar-refractivity contribution in [3.63, 3.8) is 0 Å². The number of rotatable bonds is 7. The van der Waals surface area contributed by atoms with Gasteiger partial charge in [0.2, 0.25) is 11.8 Å². The number of hydrogen-bond acceptors (Lipinski definition) is 3. The maximum atomic E-state index is 13.5. The van der Waals surface area contributed by atoms with Gasteiger partial charge in [0.1, 0.15) is 12.6 Å². The third kappa shape index (κ3) is 4.12. The van der Waals surface area contributed by atoms with Gasteiger partial charge >= 0.3 is 0 Å². The Labute approximate surface area is 195 Å². The SMILES string of the molecule is CCNC(=O)C(C)N(Cc1ccc(Br)cc1)C(=O)CN1C(=O)c2cccc3cccc1c23. The number of benzene rings is 3. The van der Waals surface area contributed by atoms with Gasteiger partial charge in [0, 0.05) is 28.5 Å². The van der Waals surface area contributed by atoms with E-state index >= 15 is 0 Å². The lowest BCUT2D eigenvalue weighted by Crippen LogP contribution is -2.50. The molecule has 0 aromatic heterocycles. The molecule has 6 nitrogen and oxygen atoms in total. The fraction of sp³-hybridized carbons (Fsp3) is 0.240. The van der Waals surface area contributed by atoms with Crippen molar-refractivity contribution < 1.29 is 14.4 Å². The van der Waals surface area contributed by atoms with Crippen molar-refractivity contribution in [2.45, 2.75) is 26.4 Å². The highest BCUT2D eigenvalue weighted by Crippen LogP contribution is 2.37. The van der Waals surface area contributed by atoms with Crippen LogP contribution in [0.4, 0.5) is 5.69 Å². The first-order valence-corrected chi connectivity index (χ1v) is 11.3. The van der Waals surface area contributed by atoms with Gasteiger partial charge in [0.25, 0.3) is 5.91 Å². The first-order valence-electron chi connectivity index (χ1n) is 10.6. The normalized spacial score (nSPS) is 13.3. The molecule has 3 aromatic carbocycles. The summed E-state index contributed by atoms with van der Waals surface area (Å²) in [6.45, 7) is 4.16. The number of halogens is 1. The highest BCUT2D eigenvalue weighted by Gasteiger charge is 2.34. The molecule has 0 saturated heterocycles. The summed E-state index contributed by atoms with van der Waals surface area (Å²) in [6, 6.07) is 18.2. The molecular weight excluding hydrogens is 470 g/mol. The van der Waals surface area contributed by atoms with Crippen molar-refractivity contribution in [3.8, 4) is 0 Å². The van der Waals surface area contributed by atoms with E-state index in [1.165, 1.54) is 9.80 Å². The smallest absolute Gasteiger partial charge is 0.259 e. The zero-order valence-corrected chi connectivity index (χ0v) is 19.6. The molecule has 0 spiro atoms. The van der Waals surface area contributed by atoms with Gasteiger partial charge in [-0.05, 0) is 49.1 Å². The van der Waals surface area contributed by atoms with E-state index in [4.69, 9.17) is 0 Å². The fourth-order valence-electron chi connectivity index (χ4n) is 4.05. The molecule has 4 rings (SSSR count). The van der Waals surface area contributed by atoms with Crippen LogP contribution in [-0.4, -0.2) is 41.8 Å². The summed E-state index contributed by atoms with van der Waals surface area (Å²) < 4.78 is 0.935. The summed E-state index contributed by atoms with van der Waals surface area (Å²) in [5.74, 6) is -0.708. The van der Waals surface area contributed by atoms with Crippen LogP contribution in [0.25, 0.3) is 10.8 Å². The molecular formula is C25H24BrN3O3. The molecule has 1 unspecified atom stereocenters. The van der Waals surface area contributed by atoms with Crippen molar-refractivity contribution in [3.05, 3.63) is 76.3 Å². The number of nitrogens with one attached hydrogen (secondary N) is 1. The Morgan fingerprint density at radius 2 is 1.75 bits per heavy atom. The number of anilines is 1. The Bertz CT molecular complexity index is 1190. The maximum absolute atomic E-state index is 13.5. The average molecular weight is 494 g/mol. The van der Waals surface area contributed by atoms with Gasteiger partial charge in [-0.3, -0.25) is 19.3 Å². The predicted molar refractivity (Wildman–Crippen MR) is 128 cm³/mol. The highest BCUT2D eigenvalue weighted by atomic mass is 79.9. The van der Waals surface area contributed by atoms with E-state index in [-0.39, 0.29) is 30.8 Å². The number of nitrogens with zero attached hydrogens (tertiary/aromatic N) is 2. The van der Waals surface area contributed by atoms with Gasteiger partial charge in [0.05, 0.1) is 5.69 Å². The Morgan fingerprint density at radius 3 is 2.44 bits per heavy atom. The molecule has 1 heterocycles. The molecule has 3 aromatic rings. The Balaban J connectivity index is 1.62. The molecule has 0 aliphatic carbocycles. The van der Waals surface area contributed by atoms with Gasteiger partial charge in [-0.2, -0.15) is 0 Å². The zero-order chi connectivity index (χ0) is 22.8. The molecule has 1 atom stereocenters. The average Bonchev–Trinajstić information content (AvgIpc) is 3.06. The van der Waals surface area contributed by atoms with Gasteiger partial charge in [-0.15, -0.1) is 0 Å². The van der Waals surface area contributed by atoms with E-state index < -0.39 is 6.04 Å². The van der Waals surface area contributed by atoms with E-state index in [1.54, 1.807) is 13.0 Å². The number of hydrogen-bond donors (Lipinski definition) is 1. The number of carbonyl (C=O) groups is 3. The zero-order valence-electron chi connectivity index (χ0n) is 18.0. The van der Waals surface area contributed by atoms with Crippen LogP contribution in [0.1, 0.15) is 29.8 Å². The molecule has 32 heavy (non-hydrogen) atoms. The first-order chi connectivity index (χ1) is 15.4. The second-order valence-corrected chi connectivity index (χ2v) is 8.71. The third-order valence-corrected chi connectivity index (χ3v) is 6.26. The maximum Gasteiger partial charge on any atom is 0.259 e. The fourth-order valence-corrected chi connectivity index (χ4v) is 4.32. The lowest BCUT2D eigenvalue weighted by atomic mass is 10.1. The summed E-state index contributed by atoms with van der Waals surface area (Å²) in [6.07, 6.45) is 0. The second-order valence-electron chi connectivity index (χ2n) is 7.79. The van der Waals surface area contributed by atoms with E-state index in [1.807, 2.05) is 61.5 Å². The second kappa shape index (κ2) is 9.12. The van der Waals surface area contributed by atoms with Crippen molar-refractivity contribution in [1.29, 1.82) is 0 Å². The topological polar surface area (TPSA) is 69.7 Å². The lowest BCUT2D eigenvalue weighted by Gasteiger charge is -2.30. The van der Waals surface area contributed by atoms with Crippen molar-refractivity contribution in [1.82, 2.24) is 10.2 Å². The van der Waals surface area contributed by atoms with Crippen LogP contribution in [0, 0.1) is 0 Å².